The average molecular weight is 373 g/mol. The van der Waals surface area contributed by atoms with Gasteiger partial charge in [0.25, 0.3) is 5.91 Å². The highest BCUT2D eigenvalue weighted by atomic mass is 35.5. The molecule has 1 atom stereocenters. The first-order valence-electron chi connectivity index (χ1n) is 8.34. The van der Waals surface area contributed by atoms with Crippen LogP contribution in [-0.2, 0) is 6.42 Å². The predicted molar refractivity (Wildman–Crippen MR) is 98.0 cm³/mol. The fraction of sp³-hybridized carbons (Fsp3) is 0.263. The monoisotopic (exact) mass is 372 g/mol. The molecule has 0 saturated heterocycles. The molecule has 1 aromatic carbocycles. The van der Waals surface area contributed by atoms with Crippen molar-refractivity contribution in [3.63, 3.8) is 0 Å². The van der Waals surface area contributed by atoms with Crippen LogP contribution in [0.5, 0.6) is 5.75 Å². The minimum absolute atomic E-state index is 0.0397. The van der Waals surface area contributed by atoms with Crippen LogP contribution < -0.4 is 15.5 Å². The van der Waals surface area contributed by atoms with Crippen LogP contribution in [0.1, 0.15) is 40.7 Å². The number of fused-ring (bicyclic) bond motifs is 3. The number of carbonyl (C=O) groups is 1. The maximum Gasteiger partial charge on any atom is 0.287 e. The number of methoxy groups -OCH3 is 1. The number of ether oxygens (including phenoxy) is 1. The van der Waals surface area contributed by atoms with Gasteiger partial charge in [0.15, 0.2) is 5.76 Å². The maximum absolute atomic E-state index is 12.5. The molecule has 26 heavy (non-hydrogen) atoms. The quantitative estimate of drug-likeness (QED) is 0.735. The molecule has 2 heterocycles. The summed E-state index contributed by atoms with van der Waals surface area (Å²) in [6.07, 6.45) is 3.83. The number of hydrogen-bond donors (Lipinski definition) is 2. The Kier molecular flexibility index (Phi) is 4.20. The molecule has 134 valence electrons. The van der Waals surface area contributed by atoms with Crippen LogP contribution in [0.3, 0.4) is 0 Å². The van der Waals surface area contributed by atoms with Crippen LogP contribution in [-0.4, -0.2) is 18.0 Å². The molecule has 0 aliphatic heterocycles. The van der Waals surface area contributed by atoms with E-state index in [0.29, 0.717) is 5.02 Å². The van der Waals surface area contributed by atoms with Crippen molar-refractivity contribution in [1.29, 1.82) is 0 Å². The molecule has 3 aromatic rings. The second-order valence-electron chi connectivity index (χ2n) is 6.30. The first kappa shape index (κ1) is 16.7. The third-order valence-corrected chi connectivity index (χ3v) is 4.95. The molecule has 4 rings (SSSR count). The Labute approximate surface area is 154 Å². The Morgan fingerprint density at radius 1 is 1.38 bits per heavy atom. The van der Waals surface area contributed by atoms with Gasteiger partial charge < -0.3 is 19.5 Å². The number of aryl methyl sites for hydroxylation is 1. The van der Waals surface area contributed by atoms with E-state index in [4.69, 9.17) is 20.8 Å². The topological polar surface area (TPSA) is 84.3 Å². The first-order chi connectivity index (χ1) is 12.6. The summed E-state index contributed by atoms with van der Waals surface area (Å²) in [6, 6.07) is 6.69. The van der Waals surface area contributed by atoms with Crippen molar-refractivity contribution < 1.29 is 13.9 Å². The van der Waals surface area contributed by atoms with Gasteiger partial charge in [-0.05, 0) is 43.0 Å². The summed E-state index contributed by atoms with van der Waals surface area (Å²) in [5.41, 5.74) is 2.76. The standard InChI is InChI=1S/C19H17ClN2O4/c1-25-17-9-26-16(8-15(17)23)19(24)22-14-4-2-3-11-12-7-10(20)5-6-13(12)21-18(11)14/h5-9,14,21H,2-4H2,1H3,(H,22,24). The summed E-state index contributed by atoms with van der Waals surface area (Å²) in [7, 11) is 1.37. The van der Waals surface area contributed by atoms with Gasteiger partial charge in [0, 0.05) is 27.7 Å². The molecule has 2 aromatic heterocycles. The number of aromatic nitrogens is 1. The van der Waals surface area contributed by atoms with Gasteiger partial charge in [0.2, 0.25) is 11.2 Å². The average Bonchev–Trinajstić information content (AvgIpc) is 3.00. The lowest BCUT2D eigenvalue weighted by atomic mass is 9.91. The van der Waals surface area contributed by atoms with Crippen molar-refractivity contribution in [1.82, 2.24) is 10.3 Å². The normalized spacial score (nSPS) is 16.3. The smallest absolute Gasteiger partial charge is 0.287 e. The van der Waals surface area contributed by atoms with Gasteiger partial charge in [-0.15, -0.1) is 0 Å². The minimum Gasteiger partial charge on any atom is -0.490 e. The predicted octanol–water partition coefficient (Wildman–Crippen LogP) is 3.59. The van der Waals surface area contributed by atoms with Crippen molar-refractivity contribution in [2.24, 2.45) is 0 Å². The summed E-state index contributed by atoms with van der Waals surface area (Å²) >= 11 is 6.12. The first-order valence-corrected chi connectivity index (χ1v) is 8.72. The lowest BCUT2D eigenvalue weighted by Crippen LogP contribution is -2.31. The van der Waals surface area contributed by atoms with Gasteiger partial charge in [0.1, 0.15) is 6.26 Å². The molecule has 0 bridgehead atoms. The van der Waals surface area contributed by atoms with Crippen molar-refractivity contribution in [2.75, 3.05) is 7.11 Å². The van der Waals surface area contributed by atoms with Gasteiger partial charge >= 0.3 is 0 Å². The number of aromatic amines is 1. The van der Waals surface area contributed by atoms with E-state index in [-0.39, 0.29) is 17.6 Å². The van der Waals surface area contributed by atoms with E-state index in [9.17, 15) is 9.59 Å². The number of benzene rings is 1. The Bertz CT molecular complexity index is 1050. The Hall–Kier alpha value is -2.73. The lowest BCUT2D eigenvalue weighted by molar-refractivity contribution is 0.0900. The Morgan fingerprint density at radius 3 is 3.00 bits per heavy atom. The number of amides is 1. The minimum atomic E-state index is -0.431. The van der Waals surface area contributed by atoms with E-state index in [1.54, 1.807) is 0 Å². The van der Waals surface area contributed by atoms with Crippen LogP contribution in [0, 0.1) is 0 Å². The fourth-order valence-corrected chi connectivity index (χ4v) is 3.65. The summed E-state index contributed by atoms with van der Waals surface area (Å²) in [5, 5.41) is 4.73. The Morgan fingerprint density at radius 2 is 2.23 bits per heavy atom. The molecule has 1 unspecified atom stereocenters. The van der Waals surface area contributed by atoms with Crippen LogP contribution in [0.4, 0.5) is 0 Å². The molecule has 1 amide bonds. The fourth-order valence-electron chi connectivity index (χ4n) is 3.48. The SMILES string of the molecule is COc1coc(C(=O)NC2CCCc3c2[nH]c2ccc(Cl)cc32)cc1=O. The van der Waals surface area contributed by atoms with E-state index >= 15 is 0 Å². The maximum atomic E-state index is 12.5. The Balaban J connectivity index is 1.64. The molecule has 6 nitrogen and oxygen atoms in total. The van der Waals surface area contributed by atoms with Crippen molar-refractivity contribution >= 4 is 28.4 Å². The zero-order valence-electron chi connectivity index (χ0n) is 14.1. The van der Waals surface area contributed by atoms with Gasteiger partial charge in [0.05, 0.1) is 13.2 Å². The third kappa shape index (κ3) is 2.86. The second kappa shape index (κ2) is 6.53. The van der Waals surface area contributed by atoms with Crippen LogP contribution in [0.15, 0.2) is 39.7 Å². The molecule has 1 aliphatic carbocycles. The summed E-state index contributed by atoms with van der Waals surface area (Å²) in [4.78, 5) is 27.8. The third-order valence-electron chi connectivity index (χ3n) is 4.72. The molecule has 0 spiro atoms. The molecule has 0 saturated carbocycles. The number of rotatable bonds is 3. The molecule has 0 fully saturated rings. The zero-order chi connectivity index (χ0) is 18.3. The number of nitrogens with one attached hydrogen (secondary N) is 2. The number of carbonyl (C=O) groups excluding carboxylic acids is 1. The second-order valence-corrected chi connectivity index (χ2v) is 6.74. The summed E-state index contributed by atoms with van der Waals surface area (Å²) in [5.74, 6) is -0.407. The molecule has 1 aliphatic rings. The molecule has 0 radical (unpaired) electrons. The largest absolute Gasteiger partial charge is 0.490 e. The molecular weight excluding hydrogens is 356 g/mol. The molecule has 2 N–H and O–H groups in total. The zero-order valence-corrected chi connectivity index (χ0v) is 14.9. The summed E-state index contributed by atoms with van der Waals surface area (Å²) in [6.45, 7) is 0. The van der Waals surface area contributed by atoms with Crippen LogP contribution >= 0.6 is 11.6 Å². The number of hydrogen-bond acceptors (Lipinski definition) is 4. The van der Waals surface area contributed by atoms with Crippen molar-refractivity contribution in [3.8, 4) is 5.75 Å². The van der Waals surface area contributed by atoms with Crippen molar-refractivity contribution in [3.05, 3.63) is 62.8 Å². The van der Waals surface area contributed by atoms with E-state index < -0.39 is 11.3 Å². The highest BCUT2D eigenvalue weighted by Crippen LogP contribution is 2.35. The van der Waals surface area contributed by atoms with Crippen LogP contribution in [0.25, 0.3) is 10.9 Å². The highest BCUT2D eigenvalue weighted by molar-refractivity contribution is 6.31. The van der Waals surface area contributed by atoms with E-state index in [1.165, 1.54) is 12.7 Å². The van der Waals surface area contributed by atoms with E-state index in [2.05, 4.69) is 10.3 Å². The van der Waals surface area contributed by atoms with Gasteiger partial charge in [-0.1, -0.05) is 11.6 Å². The van der Waals surface area contributed by atoms with Crippen LogP contribution in [0.2, 0.25) is 5.02 Å². The lowest BCUT2D eigenvalue weighted by Gasteiger charge is -2.23. The van der Waals surface area contributed by atoms with E-state index in [1.807, 2.05) is 18.2 Å². The van der Waals surface area contributed by atoms with E-state index in [0.717, 1.165) is 48.2 Å². The number of H-pyrrole nitrogens is 1. The molecule has 7 heteroatoms. The molecular formula is C19H17ClN2O4. The summed E-state index contributed by atoms with van der Waals surface area (Å²) < 4.78 is 10.1. The number of halogens is 1. The van der Waals surface area contributed by atoms with Crippen molar-refractivity contribution in [2.45, 2.75) is 25.3 Å². The van der Waals surface area contributed by atoms with Gasteiger partial charge in [-0.2, -0.15) is 0 Å². The van der Waals surface area contributed by atoms with Gasteiger partial charge in [-0.25, -0.2) is 0 Å². The highest BCUT2D eigenvalue weighted by Gasteiger charge is 2.26. The van der Waals surface area contributed by atoms with Gasteiger partial charge in [-0.3, -0.25) is 9.59 Å².